The highest BCUT2D eigenvalue weighted by molar-refractivity contribution is 6.29. The van der Waals surface area contributed by atoms with Crippen LogP contribution in [0.1, 0.15) is 0 Å². The Labute approximate surface area is 109 Å². The Balaban J connectivity index is 2.07. The third kappa shape index (κ3) is 1.91. The van der Waals surface area contributed by atoms with Gasteiger partial charge in [-0.25, -0.2) is 9.50 Å². The number of rotatable bonds is 2. The fraction of sp³-hybridized carbons (Fsp3) is 0.0769. The molecule has 0 saturated heterocycles. The quantitative estimate of drug-likeness (QED) is 0.768. The van der Waals surface area contributed by atoms with Crippen molar-refractivity contribution in [1.82, 2.24) is 14.6 Å². The molecule has 0 aliphatic rings. The van der Waals surface area contributed by atoms with Gasteiger partial charge in [0.2, 0.25) is 0 Å². The summed E-state index contributed by atoms with van der Waals surface area (Å²) in [7, 11) is 1.89. The van der Waals surface area contributed by atoms with Gasteiger partial charge in [0.1, 0.15) is 5.15 Å². The van der Waals surface area contributed by atoms with Crippen molar-refractivity contribution >= 4 is 22.9 Å². The lowest BCUT2D eigenvalue weighted by Gasteiger charge is -2.00. The minimum atomic E-state index is 0.456. The van der Waals surface area contributed by atoms with Crippen LogP contribution in [0.5, 0.6) is 0 Å². The Morgan fingerprint density at radius 2 is 1.89 bits per heavy atom. The molecule has 5 heteroatoms. The zero-order valence-electron chi connectivity index (χ0n) is 9.76. The molecule has 1 aromatic carbocycles. The van der Waals surface area contributed by atoms with E-state index in [1.54, 1.807) is 10.6 Å². The van der Waals surface area contributed by atoms with Crippen molar-refractivity contribution in [2.24, 2.45) is 0 Å². The maximum absolute atomic E-state index is 5.85. The molecule has 0 amide bonds. The average molecular weight is 259 g/mol. The predicted molar refractivity (Wildman–Crippen MR) is 73.0 cm³/mol. The Bertz CT molecular complexity index is 688. The Kier molecular flexibility index (Phi) is 2.64. The van der Waals surface area contributed by atoms with Crippen molar-refractivity contribution in [3.63, 3.8) is 0 Å². The summed E-state index contributed by atoms with van der Waals surface area (Å²) in [4.78, 5) is 4.50. The number of nitrogens with zero attached hydrogens (tertiary/aromatic N) is 3. The van der Waals surface area contributed by atoms with Crippen LogP contribution in [0.25, 0.3) is 16.9 Å². The van der Waals surface area contributed by atoms with Crippen molar-refractivity contribution in [2.45, 2.75) is 0 Å². The minimum Gasteiger partial charge on any atom is -0.388 e. The Morgan fingerprint density at radius 1 is 1.11 bits per heavy atom. The summed E-state index contributed by atoms with van der Waals surface area (Å²) in [5, 5.41) is 7.70. The molecule has 2 heterocycles. The van der Waals surface area contributed by atoms with Gasteiger partial charge in [0.25, 0.3) is 0 Å². The van der Waals surface area contributed by atoms with Gasteiger partial charge in [-0.05, 0) is 24.3 Å². The lowest BCUT2D eigenvalue weighted by Crippen LogP contribution is -1.88. The first-order valence-electron chi connectivity index (χ1n) is 5.56. The van der Waals surface area contributed by atoms with E-state index in [2.05, 4.69) is 15.4 Å². The summed E-state index contributed by atoms with van der Waals surface area (Å²) in [5.41, 5.74) is 3.79. The second-order valence-electron chi connectivity index (χ2n) is 3.91. The number of benzene rings is 1. The second kappa shape index (κ2) is 4.31. The molecule has 4 nitrogen and oxygen atoms in total. The summed E-state index contributed by atoms with van der Waals surface area (Å²) in [5.74, 6) is 0. The SMILES string of the molecule is CNc1ccc(-c2cn3nc(Cl)ccc3n2)cc1. The Morgan fingerprint density at radius 3 is 2.61 bits per heavy atom. The molecule has 0 spiro atoms. The number of aromatic nitrogens is 3. The van der Waals surface area contributed by atoms with Crippen LogP contribution in [0.3, 0.4) is 0 Å². The summed E-state index contributed by atoms with van der Waals surface area (Å²) in [6.07, 6.45) is 1.87. The number of nitrogens with one attached hydrogen (secondary N) is 1. The molecule has 0 radical (unpaired) electrons. The third-order valence-electron chi connectivity index (χ3n) is 2.76. The second-order valence-corrected chi connectivity index (χ2v) is 4.30. The monoisotopic (exact) mass is 258 g/mol. The standard InChI is InChI=1S/C13H11ClN4/c1-15-10-4-2-9(3-5-10)11-8-18-13(16-11)7-6-12(14)17-18/h2-8,15H,1H3. The number of halogens is 1. The zero-order chi connectivity index (χ0) is 12.5. The normalized spacial score (nSPS) is 10.8. The first-order valence-corrected chi connectivity index (χ1v) is 5.94. The summed E-state index contributed by atoms with van der Waals surface area (Å²) in [6, 6.07) is 11.7. The van der Waals surface area contributed by atoms with Crippen molar-refractivity contribution in [1.29, 1.82) is 0 Å². The van der Waals surface area contributed by atoms with E-state index in [-0.39, 0.29) is 0 Å². The number of hydrogen-bond acceptors (Lipinski definition) is 3. The molecule has 2 aromatic heterocycles. The number of fused-ring (bicyclic) bond motifs is 1. The van der Waals surface area contributed by atoms with Crippen LogP contribution >= 0.6 is 11.6 Å². The topological polar surface area (TPSA) is 42.2 Å². The predicted octanol–water partition coefficient (Wildman–Crippen LogP) is 3.09. The van der Waals surface area contributed by atoms with Crippen molar-refractivity contribution < 1.29 is 0 Å². The molecule has 1 N–H and O–H groups in total. The highest BCUT2D eigenvalue weighted by Gasteiger charge is 2.05. The summed E-state index contributed by atoms with van der Waals surface area (Å²) < 4.78 is 1.68. The molecule has 3 rings (SSSR count). The highest BCUT2D eigenvalue weighted by atomic mass is 35.5. The molecule has 18 heavy (non-hydrogen) atoms. The molecule has 3 aromatic rings. The van der Waals surface area contributed by atoms with E-state index in [0.717, 1.165) is 22.6 Å². The van der Waals surface area contributed by atoms with E-state index in [4.69, 9.17) is 11.6 Å². The van der Waals surface area contributed by atoms with Gasteiger partial charge in [0.15, 0.2) is 5.65 Å². The maximum Gasteiger partial charge on any atom is 0.154 e. The van der Waals surface area contributed by atoms with Crippen LogP contribution in [0.15, 0.2) is 42.6 Å². The van der Waals surface area contributed by atoms with Gasteiger partial charge in [-0.1, -0.05) is 23.7 Å². The lowest BCUT2D eigenvalue weighted by molar-refractivity contribution is 0.937. The van der Waals surface area contributed by atoms with Crippen LogP contribution in [-0.4, -0.2) is 21.6 Å². The number of anilines is 1. The molecule has 0 atom stereocenters. The molecule has 90 valence electrons. The summed E-state index contributed by atoms with van der Waals surface area (Å²) in [6.45, 7) is 0. The maximum atomic E-state index is 5.85. The van der Waals surface area contributed by atoms with Gasteiger partial charge < -0.3 is 5.32 Å². The van der Waals surface area contributed by atoms with Crippen LogP contribution < -0.4 is 5.32 Å². The number of hydrogen-bond donors (Lipinski definition) is 1. The third-order valence-corrected chi connectivity index (χ3v) is 2.96. The molecule has 0 unspecified atom stereocenters. The van der Waals surface area contributed by atoms with Crippen LogP contribution in [0.2, 0.25) is 5.15 Å². The first-order chi connectivity index (χ1) is 8.76. The van der Waals surface area contributed by atoms with E-state index in [1.807, 2.05) is 43.6 Å². The fourth-order valence-corrected chi connectivity index (χ4v) is 1.95. The highest BCUT2D eigenvalue weighted by Crippen LogP contribution is 2.21. The zero-order valence-corrected chi connectivity index (χ0v) is 10.5. The Hall–Kier alpha value is -2.07. The number of imidazole rings is 1. The van der Waals surface area contributed by atoms with Gasteiger partial charge in [-0.2, -0.15) is 5.10 Å². The molecule has 0 saturated carbocycles. The average Bonchev–Trinajstić information content (AvgIpc) is 2.81. The molecular formula is C13H11ClN4. The van der Waals surface area contributed by atoms with E-state index < -0.39 is 0 Å². The van der Waals surface area contributed by atoms with Gasteiger partial charge in [-0.15, -0.1) is 0 Å². The van der Waals surface area contributed by atoms with Gasteiger partial charge in [-0.3, -0.25) is 0 Å². The smallest absolute Gasteiger partial charge is 0.154 e. The largest absolute Gasteiger partial charge is 0.388 e. The van der Waals surface area contributed by atoms with E-state index in [1.165, 1.54) is 0 Å². The summed E-state index contributed by atoms with van der Waals surface area (Å²) >= 11 is 5.85. The molecular weight excluding hydrogens is 248 g/mol. The fourth-order valence-electron chi connectivity index (χ4n) is 1.81. The van der Waals surface area contributed by atoms with Gasteiger partial charge >= 0.3 is 0 Å². The van der Waals surface area contributed by atoms with Crippen LogP contribution in [0.4, 0.5) is 5.69 Å². The van der Waals surface area contributed by atoms with E-state index >= 15 is 0 Å². The first kappa shape index (κ1) is 11.0. The van der Waals surface area contributed by atoms with Gasteiger partial charge in [0.05, 0.1) is 11.9 Å². The van der Waals surface area contributed by atoms with Crippen LogP contribution in [0, 0.1) is 0 Å². The minimum absolute atomic E-state index is 0.456. The van der Waals surface area contributed by atoms with Gasteiger partial charge in [0, 0.05) is 18.3 Å². The molecule has 0 bridgehead atoms. The van der Waals surface area contributed by atoms with Crippen molar-refractivity contribution in [2.75, 3.05) is 12.4 Å². The molecule has 0 aliphatic heterocycles. The molecule has 0 fully saturated rings. The lowest BCUT2D eigenvalue weighted by atomic mass is 10.1. The molecule has 0 aliphatic carbocycles. The van der Waals surface area contributed by atoms with Crippen molar-refractivity contribution in [3.8, 4) is 11.3 Å². The van der Waals surface area contributed by atoms with E-state index in [9.17, 15) is 0 Å². The van der Waals surface area contributed by atoms with E-state index in [0.29, 0.717) is 5.15 Å². The van der Waals surface area contributed by atoms with Crippen molar-refractivity contribution in [3.05, 3.63) is 47.7 Å². The van der Waals surface area contributed by atoms with Crippen LogP contribution in [-0.2, 0) is 0 Å².